The van der Waals surface area contributed by atoms with Gasteiger partial charge in [0.25, 0.3) is 0 Å². The van der Waals surface area contributed by atoms with Crippen LogP contribution in [0.1, 0.15) is 52.9 Å². The summed E-state index contributed by atoms with van der Waals surface area (Å²) >= 11 is 0.126. The maximum absolute atomic E-state index is 12.2. The van der Waals surface area contributed by atoms with Crippen molar-refractivity contribution < 1.29 is 13.2 Å². The summed E-state index contributed by atoms with van der Waals surface area (Å²) in [6.07, 6.45) is 5.52. The van der Waals surface area contributed by atoms with Gasteiger partial charge in [-0.1, -0.05) is 37.4 Å². The molecule has 1 nitrogen and oxygen atoms in total. The van der Waals surface area contributed by atoms with Crippen LogP contribution in [-0.2, 0) is 0 Å². The van der Waals surface area contributed by atoms with E-state index in [0.717, 1.165) is 6.54 Å². The second-order valence-electron chi connectivity index (χ2n) is 6.52. The normalized spacial score (nSPS) is 19.9. The Balaban J connectivity index is 2.40. The lowest BCUT2D eigenvalue weighted by atomic mass is 9.88. The van der Waals surface area contributed by atoms with Gasteiger partial charge in [0.05, 0.1) is 0 Å². The minimum Gasteiger partial charge on any atom is -0.312 e. The lowest BCUT2D eigenvalue weighted by Gasteiger charge is -2.29. The first kappa shape index (κ1) is 17.2. The fourth-order valence-electron chi connectivity index (χ4n) is 2.70. The van der Waals surface area contributed by atoms with Gasteiger partial charge < -0.3 is 5.32 Å². The maximum atomic E-state index is 12.2. The highest BCUT2D eigenvalue weighted by Crippen LogP contribution is 2.36. The molecule has 0 heterocycles. The monoisotopic (exact) mass is 297 g/mol. The van der Waals surface area contributed by atoms with Crippen LogP contribution in [0.3, 0.4) is 0 Å². The Morgan fingerprint density at radius 1 is 1.16 bits per heavy atom. The quantitative estimate of drug-likeness (QED) is 0.754. The predicted molar refractivity (Wildman–Crippen MR) is 76.3 cm³/mol. The van der Waals surface area contributed by atoms with E-state index in [1.807, 2.05) is 0 Å². The number of nitrogens with one attached hydrogen (secondary N) is 1. The zero-order valence-electron chi connectivity index (χ0n) is 12.1. The molecule has 1 aliphatic rings. The van der Waals surface area contributed by atoms with Crippen LogP contribution in [0.2, 0.25) is 0 Å². The standard InChI is InChI=1S/C14H26F3NS/c1-13(2,3)18-10-12(11-6-4-5-7-11)8-9-19-14(15,16)17/h11-12,18H,4-10H2,1-3H3. The first-order chi connectivity index (χ1) is 8.67. The van der Waals surface area contributed by atoms with Crippen molar-refractivity contribution >= 4 is 11.8 Å². The van der Waals surface area contributed by atoms with Crippen molar-refractivity contribution in [2.24, 2.45) is 11.8 Å². The van der Waals surface area contributed by atoms with Gasteiger partial charge in [-0.15, -0.1) is 0 Å². The van der Waals surface area contributed by atoms with E-state index in [1.54, 1.807) is 0 Å². The Morgan fingerprint density at radius 3 is 2.21 bits per heavy atom. The fourth-order valence-corrected chi connectivity index (χ4v) is 3.35. The fraction of sp³-hybridized carbons (Fsp3) is 1.00. The second kappa shape index (κ2) is 7.21. The average molecular weight is 297 g/mol. The molecule has 1 atom stereocenters. The first-order valence-electron chi connectivity index (χ1n) is 7.13. The van der Waals surface area contributed by atoms with E-state index in [2.05, 4.69) is 26.1 Å². The Bertz CT molecular complexity index is 254. The molecular weight excluding hydrogens is 271 g/mol. The van der Waals surface area contributed by atoms with Crippen molar-refractivity contribution in [2.45, 2.75) is 63.9 Å². The van der Waals surface area contributed by atoms with Gasteiger partial charge in [-0.05, 0) is 45.6 Å². The highest BCUT2D eigenvalue weighted by Gasteiger charge is 2.30. The van der Waals surface area contributed by atoms with Crippen LogP contribution < -0.4 is 5.32 Å². The molecule has 0 radical (unpaired) electrons. The molecule has 114 valence electrons. The van der Waals surface area contributed by atoms with Crippen LogP contribution in [0, 0.1) is 11.8 Å². The number of alkyl halides is 3. The zero-order chi connectivity index (χ0) is 14.5. The van der Waals surface area contributed by atoms with E-state index < -0.39 is 5.51 Å². The van der Waals surface area contributed by atoms with Crippen molar-refractivity contribution in [3.05, 3.63) is 0 Å². The topological polar surface area (TPSA) is 12.0 Å². The summed E-state index contributed by atoms with van der Waals surface area (Å²) in [6, 6.07) is 0. The Hall–Kier alpha value is 0.100. The van der Waals surface area contributed by atoms with E-state index in [4.69, 9.17) is 0 Å². The summed E-state index contributed by atoms with van der Waals surface area (Å²) in [5.41, 5.74) is -4.05. The van der Waals surface area contributed by atoms with Crippen LogP contribution in [-0.4, -0.2) is 23.3 Å². The van der Waals surface area contributed by atoms with Crippen molar-refractivity contribution in [1.82, 2.24) is 5.32 Å². The van der Waals surface area contributed by atoms with Gasteiger partial charge in [0, 0.05) is 11.3 Å². The van der Waals surface area contributed by atoms with Gasteiger partial charge in [0.2, 0.25) is 0 Å². The van der Waals surface area contributed by atoms with Gasteiger partial charge in [-0.2, -0.15) is 13.2 Å². The second-order valence-corrected chi connectivity index (χ2v) is 7.68. The van der Waals surface area contributed by atoms with Crippen LogP contribution >= 0.6 is 11.8 Å². The molecule has 0 aromatic rings. The van der Waals surface area contributed by atoms with Gasteiger partial charge in [-0.3, -0.25) is 0 Å². The number of hydrogen-bond donors (Lipinski definition) is 1. The molecule has 0 amide bonds. The van der Waals surface area contributed by atoms with Crippen LogP contribution in [0.15, 0.2) is 0 Å². The molecule has 5 heteroatoms. The van der Waals surface area contributed by atoms with Gasteiger partial charge >= 0.3 is 5.51 Å². The number of hydrogen-bond acceptors (Lipinski definition) is 2. The molecule has 19 heavy (non-hydrogen) atoms. The SMILES string of the molecule is CC(C)(C)NCC(CCSC(F)(F)F)C1CCCC1. The van der Waals surface area contributed by atoms with Crippen molar-refractivity contribution in [1.29, 1.82) is 0 Å². The lowest BCUT2D eigenvalue weighted by molar-refractivity contribution is -0.0328. The number of thioether (sulfide) groups is 1. The van der Waals surface area contributed by atoms with E-state index >= 15 is 0 Å². The molecule has 0 aromatic carbocycles. The van der Waals surface area contributed by atoms with Crippen LogP contribution in [0.25, 0.3) is 0 Å². The van der Waals surface area contributed by atoms with Gasteiger partial charge in [-0.25, -0.2) is 0 Å². The summed E-state index contributed by atoms with van der Waals surface area (Å²) in [7, 11) is 0. The molecule has 0 spiro atoms. The highest BCUT2D eigenvalue weighted by atomic mass is 32.2. The van der Waals surface area contributed by atoms with Crippen molar-refractivity contribution in [2.75, 3.05) is 12.3 Å². The van der Waals surface area contributed by atoms with Crippen molar-refractivity contribution in [3.8, 4) is 0 Å². The molecular formula is C14H26F3NS. The molecule has 1 rings (SSSR count). The molecule has 1 N–H and O–H groups in total. The van der Waals surface area contributed by atoms with Gasteiger partial charge in [0.1, 0.15) is 0 Å². The predicted octanol–water partition coefficient (Wildman–Crippen LogP) is 4.82. The Kier molecular flexibility index (Phi) is 6.51. The number of halogens is 3. The third kappa shape index (κ3) is 8.08. The molecule has 1 unspecified atom stereocenters. The first-order valence-corrected chi connectivity index (χ1v) is 8.12. The summed E-state index contributed by atoms with van der Waals surface area (Å²) in [4.78, 5) is 0. The molecule has 1 aliphatic carbocycles. The summed E-state index contributed by atoms with van der Waals surface area (Å²) in [5.74, 6) is 1.19. The summed E-state index contributed by atoms with van der Waals surface area (Å²) in [5, 5.41) is 3.46. The molecule has 0 bridgehead atoms. The lowest BCUT2D eigenvalue weighted by Crippen LogP contribution is -2.40. The van der Waals surface area contributed by atoms with E-state index in [-0.39, 0.29) is 23.1 Å². The minimum atomic E-state index is -4.09. The van der Waals surface area contributed by atoms with Crippen LogP contribution in [0.4, 0.5) is 13.2 Å². The molecule has 1 fully saturated rings. The average Bonchev–Trinajstić information content (AvgIpc) is 2.73. The van der Waals surface area contributed by atoms with Gasteiger partial charge in [0.15, 0.2) is 0 Å². The van der Waals surface area contributed by atoms with Crippen LogP contribution in [0.5, 0.6) is 0 Å². The number of rotatable bonds is 6. The Labute approximate surface area is 119 Å². The Morgan fingerprint density at radius 2 is 1.74 bits per heavy atom. The van der Waals surface area contributed by atoms with E-state index in [9.17, 15) is 13.2 Å². The van der Waals surface area contributed by atoms with E-state index in [0.29, 0.717) is 18.3 Å². The minimum absolute atomic E-state index is 0.0357. The third-order valence-electron chi connectivity index (χ3n) is 3.72. The smallest absolute Gasteiger partial charge is 0.312 e. The van der Waals surface area contributed by atoms with Crippen molar-refractivity contribution in [3.63, 3.8) is 0 Å². The highest BCUT2D eigenvalue weighted by molar-refractivity contribution is 8.00. The largest absolute Gasteiger partial charge is 0.441 e. The molecule has 1 saturated carbocycles. The summed E-state index contributed by atoms with van der Waals surface area (Å²) < 4.78 is 36.6. The van der Waals surface area contributed by atoms with E-state index in [1.165, 1.54) is 25.7 Å². The molecule has 0 saturated heterocycles. The maximum Gasteiger partial charge on any atom is 0.441 e. The molecule has 0 aromatic heterocycles. The molecule has 0 aliphatic heterocycles. The zero-order valence-corrected chi connectivity index (χ0v) is 13.0. The third-order valence-corrected chi connectivity index (χ3v) is 4.48. The summed E-state index contributed by atoms with van der Waals surface area (Å²) in [6.45, 7) is 7.14.